The van der Waals surface area contributed by atoms with Crippen molar-refractivity contribution >= 4 is 5.91 Å². The Morgan fingerprint density at radius 1 is 1.33 bits per heavy atom. The molecule has 24 heavy (non-hydrogen) atoms. The number of likely N-dealkylation sites (tertiary alicyclic amines) is 1. The summed E-state index contributed by atoms with van der Waals surface area (Å²) >= 11 is 0. The molecule has 3 rings (SSSR count). The summed E-state index contributed by atoms with van der Waals surface area (Å²) in [5.41, 5.74) is 1.97. The first kappa shape index (κ1) is 16.5. The lowest BCUT2D eigenvalue weighted by molar-refractivity contribution is -0.133. The topological polar surface area (TPSA) is 47.4 Å². The van der Waals surface area contributed by atoms with Crippen LogP contribution in [-0.4, -0.2) is 39.6 Å². The molecule has 1 aromatic heterocycles. The molecular formula is C18H22FN3O2. The third-order valence-corrected chi connectivity index (χ3v) is 4.54. The van der Waals surface area contributed by atoms with Crippen LogP contribution in [-0.2, 0) is 11.3 Å². The summed E-state index contributed by atoms with van der Waals surface area (Å²) in [7, 11) is 0. The minimum absolute atomic E-state index is 0.0214. The number of piperidine rings is 1. The Bertz CT molecular complexity index is 721. The van der Waals surface area contributed by atoms with Crippen LogP contribution in [0.3, 0.4) is 0 Å². The molecule has 1 aliphatic heterocycles. The highest BCUT2D eigenvalue weighted by Gasteiger charge is 2.24. The van der Waals surface area contributed by atoms with Gasteiger partial charge in [-0.15, -0.1) is 0 Å². The molecule has 2 heterocycles. The van der Waals surface area contributed by atoms with Crippen LogP contribution in [0.1, 0.15) is 24.2 Å². The standard InChI is InChI=1S/C18H22FN3O2/c1-13-14(2)22(12-20-13)11-18(23)21-8-6-16(7-9-21)24-17-5-3-4-15(19)10-17/h3-5,10,12,16H,6-9,11H2,1-2H3. The molecule has 0 spiro atoms. The van der Waals surface area contributed by atoms with Gasteiger partial charge < -0.3 is 14.2 Å². The van der Waals surface area contributed by atoms with Gasteiger partial charge in [-0.05, 0) is 26.0 Å². The van der Waals surface area contributed by atoms with E-state index in [-0.39, 0.29) is 17.8 Å². The lowest BCUT2D eigenvalue weighted by Crippen LogP contribution is -2.43. The molecule has 1 amide bonds. The van der Waals surface area contributed by atoms with E-state index in [2.05, 4.69) is 4.98 Å². The van der Waals surface area contributed by atoms with Crippen LogP contribution in [0.5, 0.6) is 5.75 Å². The van der Waals surface area contributed by atoms with Crippen molar-refractivity contribution in [2.45, 2.75) is 39.3 Å². The van der Waals surface area contributed by atoms with Crippen LogP contribution < -0.4 is 4.74 Å². The fourth-order valence-electron chi connectivity index (χ4n) is 2.91. The fraction of sp³-hybridized carbons (Fsp3) is 0.444. The van der Waals surface area contributed by atoms with Gasteiger partial charge >= 0.3 is 0 Å². The van der Waals surface area contributed by atoms with Crippen molar-refractivity contribution in [1.29, 1.82) is 0 Å². The van der Waals surface area contributed by atoms with Crippen LogP contribution in [0, 0.1) is 19.7 Å². The summed E-state index contributed by atoms with van der Waals surface area (Å²) in [6.07, 6.45) is 3.24. The Balaban J connectivity index is 1.51. The molecule has 0 radical (unpaired) electrons. The van der Waals surface area contributed by atoms with Gasteiger partial charge in [-0.2, -0.15) is 0 Å². The summed E-state index contributed by atoms with van der Waals surface area (Å²) < 4.78 is 20.9. The number of aromatic nitrogens is 2. The van der Waals surface area contributed by atoms with Crippen molar-refractivity contribution < 1.29 is 13.9 Å². The summed E-state index contributed by atoms with van der Waals surface area (Å²) in [6.45, 7) is 5.54. The lowest BCUT2D eigenvalue weighted by Gasteiger charge is -2.32. The normalized spacial score (nSPS) is 15.5. The maximum absolute atomic E-state index is 13.2. The zero-order valence-electron chi connectivity index (χ0n) is 14.0. The Morgan fingerprint density at radius 3 is 2.71 bits per heavy atom. The van der Waals surface area contributed by atoms with Gasteiger partial charge in [0.15, 0.2) is 0 Å². The van der Waals surface area contributed by atoms with Gasteiger partial charge in [0.25, 0.3) is 0 Å². The van der Waals surface area contributed by atoms with Gasteiger partial charge in [0.2, 0.25) is 5.91 Å². The number of aryl methyl sites for hydroxylation is 1. The number of carbonyl (C=O) groups excluding carboxylic acids is 1. The second kappa shape index (κ2) is 7.03. The maximum atomic E-state index is 13.2. The number of hydrogen-bond donors (Lipinski definition) is 0. The largest absolute Gasteiger partial charge is 0.490 e. The smallest absolute Gasteiger partial charge is 0.242 e. The molecule has 0 unspecified atom stereocenters. The van der Waals surface area contributed by atoms with Gasteiger partial charge in [0, 0.05) is 37.7 Å². The van der Waals surface area contributed by atoms with E-state index in [0.717, 1.165) is 24.2 Å². The number of carbonyl (C=O) groups is 1. The minimum atomic E-state index is -0.300. The van der Waals surface area contributed by atoms with E-state index in [9.17, 15) is 9.18 Å². The van der Waals surface area contributed by atoms with Crippen LogP contribution in [0.25, 0.3) is 0 Å². The van der Waals surface area contributed by atoms with Crippen molar-refractivity contribution in [2.75, 3.05) is 13.1 Å². The zero-order chi connectivity index (χ0) is 17.1. The molecule has 0 saturated carbocycles. The average Bonchev–Trinajstić information content (AvgIpc) is 2.87. The zero-order valence-corrected chi connectivity index (χ0v) is 14.0. The highest BCUT2D eigenvalue weighted by Crippen LogP contribution is 2.20. The molecule has 0 bridgehead atoms. The van der Waals surface area contributed by atoms with Crippen LogP contribution in [0.15, 0.2) is 30.6 Å². The number of amides is 1. The first-order valence-electron chi connectivity index (χ1n) is 8.21. The van der Waals surface area contributed by atoms with Gasteiger partial charge in [-0.1, -0.05) is 6.07 Å². The number of rotatable bonds is 4. The molecule has 128 valence electrons. The Morgan fingerprint density at radius 2 is 2.08 bits per heavy atom. The number of halogens is 1. The van der Waals surface area contributed by atoms with Crippen LogP contribution in [0.4, 0.5) is 4.39 Å². The number of imidazole rings is 1. The Labute approximate surface area is 141 Å². The Kier molecular flexibility index (Phi) is 4.83. The third-order valence-electron chi connectivity index (χ3n) is 4.54. The van der Waals surface area contributed by atoms with Crippen molar-refractivity contribution in [3.63, 3.8) is 0 Å². The number of nitrogens with zero attached hydrogens (tertiary/aromatic N) is 3. The summed E-state index contributed by atoms with van der Waals surface area (Å²) in [5, 5.41) is 0. The molecule has 0 aliphatic carbocycles. The maximum Gasteiger partial charge on any atom is 0.242 e. The first-order chi connectivity index (χ1) is 11.5. The summed E-state index contributed by atoms with van der Waals surface area (Å²) in [5.74, 6) is 0.343. The fourth-order valence-corrected chi connectivity index (χ4v) is 2.91. The van der Waals surface area contributed by atoms with Crippen molar-refractivity contribution in [3.8, 4) is 5.75 Å². The van der Waals surface area contributed by atoms with E-state index in [1.807, 2.05) is 23.3 Å². The predicted molar refractivity (Wildman–Crippen MR) is 88.3 cm³/mol. The summed E-state index contributed by atoms with van der Waals surface area (Å²) in [4.78, 5) is 18.5. The second-order valence-electron chi connectivity index (χ2n) is 6.20. The first-order valence-corrected chi connectivity index (χ1v) is 8.21. The molecular weight excluding hydrogens is 309 g/mol. The molecule has 5 nitrogen and oxygen atoms in total. The number of benzene rings is 1. The summed E-state index contributed by atoms with van der Waals surface area (Å²) in [6, 6.07) is 6.18. The molecule has 0 atom stereocenters. The van der Waals surface area contributed by atoms with Gasteiger partial charge in [0.1, 0.15) is 24.2 Å². The van der Waals surface area contributed by atoms with Crippen LogP contribution in [0.2, 0.25) is 0 Å². The highest BCUT2D eigenvalue weighted by atomic mass is 19.1. The molecule has 1 aromatic carbocycles. The third kappa shape index (κ3) is 3.75. The van der Waals surface area contributed by atoms with Crippen molar-refractivity contribution in [2.24, 2.45) is 0 Å². The quantitative estimate of drug-likeness (QED) is 0.865. The Hall–Kier alpha value is -2.37. The molecule has 6 heteroatoms. The minimum Gasteiger partial charge on any atom is -0.490 e. The van der Waals surface area contributed by atoms with E-state index in [0.29, 0.717) is 25.4 Å². The SMILES string of the molecule is Cc1ncn(CC(=O)N2CCC(Oc3cccc(F)c3)CC2)c1C. The number of ether oxygens (including phenoxy) is 1. The van der Waals surface area contributed by atoms with Gasteiger partial charge in [0.05, 0.1) is 12.0 Å². The van der Waals surface area contributed by atoms with Crippen molar-refractivity contribution in [3.05, 3.63) is 47.8 Å². The number of hydrogen-bond acceptors (Lipinski definition) is 3. The molecule has 1 aliphatic rings. The van der Waals surface area contributed by atoms with E-state index in [1.54, 1.807) is 18.5 Å². The lowest BCUT2D eigenvalue weighted by atomic mass is 10.1. The second-order valence-corrected chi connectivity index (χ2v) is 6.20. The van der Waals surface area contributed by atoms with Gasteiger partial charge in [-0.3, -0.25) is 4.79 Å². The van der Waals surface area contributed by atoms with E-state index >= 15 is 0 Å². The van der Waals surface area contributed by atoms with E-state index in [4.69, 9.17) is 4.74 Å². The molecule has 2 aromatic rings. The highest BCUT2D eigenvalue weighted by molar-refractivity contribution is 5.76. The molecule has 1 fully saturated rings. The predicted octanol–water partition coefficient (Wildman–Crippen LogP) is 2.71. The van der Waals surface area contributed by atoms with E-state index in [1.165, 1.54) is 12.1 Å². The van der Waals surface area contributed by atoms with Crippen LogP contribution >= 0.6 is 0 Å². The molecule has 0 N–H and O–H groups in total. The van der Waals surface area contributed by atoms with E-state index < -0.39 is 0 Å². The monoisotopic (exact) mass is 331 g/mol. The van der Waals surface area contributed by atoms with Gasteiger partial charge in [-0.25, -0.2) is 9.37 Å². The van der Waals surface area contributed by atoms with Crippen molar-refractivity contribution in [1.82, 2.24) is 14.5 Å². The average molecular weight is 331 g/mol. The molecule has 1 saturated heterocycles.